The molecule has 1 aromatic carbocycles. The topological polar surface area (TPSA) is 54.7 Å². The number of hydrogen-bond donors (Lipinski definition) is 2. The van der Waals surface area contributed by atoms with Crippen LogP contribution in [0.3, 0.4) is 0 Å². The van der Waals surface area contributed by atoms with Gasteiger partial charge in [0.25, 0.3) is 0 Å². The Morgan fingerprint density at radius 1 is 1.16 bits per heavy atom. The van der Waals surface area contributed by atoms with Gasteiger partial charge < -0.3 is 10.7 Å². The monoisotopic (exact) mass is 321 g/mol. The summed E-state index contributed by atoms with van der Waals surface area (Å²) in [5.74, 6) is 1.08. The summed E-state index contributed by atoms with van der Waals surface area (Å²) in [6.45, 7) is 2.86. The van der Waals surface area contributed by atoms with Gasteiger partial charge in [0.05, 0.1) is 5.69 Å². The third-order valence-electron chi connectivity index (χ3n) is 3.17. The zero-order valence-electron chi connectivity index (χ0n) is 11.2. The molecular weight excluding hydrogens is 302 g/mol. The van der Waals surface area contributed by atoms with Crippen LogP contribution in [0.1, 0.15) is 30.8 Å². The van der Waals surface area contributed by atoms with Crippen LogP contribution in [0.4, 0.5) is 0 Å². The lowest BCUT2D eigenvalue weighted by atomic mass is 10.1. The van der Waals surface area contributed by atoms with E-state index in [4.69, 9.17) is 10.7 Å². The van der Waals surface area contributed by atoms with Crippen LogP contribution in [-0.4, -0.2) is 16.5 Å². The summed E-state index contributed by atoms with van der Waals surface area (Å²) in [5, 5.41) is 0. The number of nitrogens with one attached hydrogen (secondary N) is 1. The molecule has 4 heteroatoms. The number of aryl methyl sites for hydroxylation is 2. The second kappa shape index (κ2) is 6.87. The van der Waals surface area contributed by atoms with E-state index >= 15 is 0 Å². The van der Waals surface area contributed by atoms with Crippen LogP contribution >= 0.6 is 15.9 Å². The van der Waals surface area contributed by atoms with Crippen molar-refractivity contribution in [2.24, 2.45) is 5.73 Å². The highest BCUT2D eigenvalue weighted by molar-refractivity contribution is 9.10. The molecule has 1 aromatic heterocycles. The van der Waals surface area contributed by atoms with Crippen molar-refractivity contribution in [2.75, 3.05) is 6.54 Å². The zero-order chi connectivity index (χ0) is 13.7. The Bertz CT molecular complexity index is 517. The van der Waals surface area contributed by atoms with E-state index in [2.05, 4.69) is 40.0 Å². The fourth-order valence-electron chi connectivity index (χ4n) is 2.14. The molecule has 0 atom stereocenters. The standard InChI is InChI=1S/C15H20BrN3/c1-11-15(12-6-8-13(16)9-7-12)19-14(18-11)5-3-2-4-10-17/h6-9H,2-5,10,17H2,1H3,(H,18,19). The molecule has 102 valence electrons. The van der Waals surface area contributed by atoms with Gasteiger partial charge in [-0.1, -0.05) is 34.5 Å². The van der Waals surface area contributed by atoms with Gasteiger partial charge >= 0.3 is 0 Å². The number of H-pyrrole nitrogens is 1. The summed E-state index contributed by atoms with van der Waals surface area (Å²) in [6.07, 6.45) is 4.41. The van der Waals surface area contributed by atoms with Gasteiger partial charge in [0.1, 0.15) is 5.82 Å². The van der Waals surface area contributed by atoms with Gasteiger partial charge in [-0.25, -0.2) is 4.98 Å². The molecule has 2 rings (SSSR count). The number of halogens is 1. The molecule has 2 aromatic rings. The van der Waals surface area contributed by atoms with Crippen LogP contribution in [0.5, 0.6) is 0 Å². The van der Waals surface area contributed by atoms with Gasteiger partial charge in [-0.15, -0.1) is 0 Å². The van der Waals surface area contributed by atoms with Gasteiger partial charge in [0, 0.05) is 22.2 Å². The number of hydrogen-bond acceptors (Lipinski definition) is 2. The second-order valence-corrected chi connectivity index (χ2v) is 5.68. The lowest BCUT2D eigenvalue weighted by molar-refractivity contribution is 0.672. The van der Waals surface area contributed by atoms with Crippen LogP contribution in [0.2, 0.25) is 0 Å². The number of nitrogens with zero attached hydrogens (tertiary/aromatic N) is 1. The summed E-state index contributed by atoms with van der Waals surface area (Å²) in [5.41, 5.74) is 8.85. The van der Waals surface area contributed by atoms with E-state index in [0.717, 1.165) is 53.1 Å². The molecule has 3 nitrogen and oxygen atoms in total. The third-order valence-corrected chi connectivity index (χ3v) is 3.70. The highest BCUT2D eigenvalue weighted by Gasteiger charge is 2.08. The molecule has 0 fully saturated rings. The maximum Gasteiger partial charge on any atom is 0.106 e. The molecule has 0 amide bonds. The van der Waals surface area contributed by atoms with Gasteiger partial charge in [-0.05, 0) is 38.4 Å². The van der Waals surface area contributed by atoms with Gasteiger partial charge in [0.2, 0.25) is 0 Å². The number of unbranched alkanes of at least 4 members (excludes halogenated alkanes) is 2. The average Bonchev–Trinajstić information content (AvgIpc) is 2.77. The molecule has 0 radical (unpaired) electrons. The molecule has 0 unspecified atom stereocenters. The Kier molecular flexibility index (Phi) is 5.16. The van der Waals surface area contributed by atoms with E-state index in [0.29, 0.717) is 0 Å². The number of rotatable bonds is 6. The van der Waals surface area contributed by atoms with Crippen molar-refractivity contribution >= 4 is 15.9 Å². The van der Waals surface area contributed by atoms with E-state index in [1.165, 1.54) is 6.42 Å². The molecular formula is C15H20BrN3. The smallest absolute Gasteiger partial charge is 0.106 e. The summed E-state index contributed by atoms with van der Waals surface area (Å²) < 4.78 is 1.09. The van der Waals surface area contributed by atoms with Crippen LogP contribution in [-0.2, 0) is 6.42 Å². The van der Waals surface area contributed by atoms with Gasteiger partial charge in [0.15, 0.2) is 0 Å². The summed E-state index contributed by atoms with van der Waals surface area (Å²) in [4.78, 5) is 8.09. The first-order valence-electron chi connectivity index (χ1n) is 6.72. The minimum Gasteiger partial charge on any atom is -0.346 e. The average molecular weight is 322 g/mol. The van der Waals surface area contributed by atoms with Crippen molar-refractivity contribution in [3.63, 3.8) is 0 Å². The molecule has 0 saturated heterocycles. The van der Waals surface area contributed by atoms with E-state index < -0.39 is 0 Å². The van der Waals surface area contributed by atoms with E-state index in [1.54, 1.807) is 0 Å². The fraction of sp³-hybridized carbons (Fsp3) is 0.400. The number of imidazole rings is 1. The van der Waals surface area contributed by atoms with Crippen molar-refractivity contribution in [3.8, 4) is 11.3 Å². The first-order chi connectivity index (χ1) is 9.20. The van der Waals surface area contributed by atoms with Gasteiger partial charge in [-0.2, -0.15) is 0 Å². The zero-order valence-corrected chi connectivity index (χ0v) is 12.8. The summed E-state index contributed by atoms with van der Waals surface area (Å²) in [6, 6.07) is 8.27. The van der Waals surface area contributed by atoms with Crippen LogP contribution < -0.4 is 5.73 Å². The number of aromatic nitrogens is 2. The first kappa shape index (κ1) is 14.3. The van der Waals surface area contributed by atoms with Crippen LogP contribution in [0.25, 0.3) is 11.3 Å². The van der Waals surface area contributed by atoms with Crippen molar-refractivity contribution in [2.45, 2.75) is 32.6 Å². The van der Waals surface area contributed by atoms with Crippen molar-refractivity contribution < 1.29 is 0 Å². The molecule has 19 heavy (non-hydrogen) atoms. The Morgan fingerprint density at radius 2 is 1.89 bits per heavy atom. The number of benzene rings is 1. The fourth-order valence-corrected chi connectivity index (χ4v) is 2.41. The van der Waals surface area contributed by atoms with E-state index in [-0.39, 0.29) is 0 Å². The van der Waals surface area contributed by atoms with Crippen molar-refractivity contribution in [3.05, 3.63) is 40.3 Å². The Hall–Kier alpha value is -1.13. The highest BCUT2D eigenvalue weighted by Crippen LogP contribution is 2.23. The quantitative estimate of drug-likeness (QED) is 0.795. The second-order valence-electron chi connectivity index (χ2n) is 4.76. The normalized spacial score (nSPS) is 10.9. The number of aromatic amines is 1. The predicted octanol–water partition coefficient (Wildman–Crippen LogP) is 3.82. The molecule has 3 N–H and O–H groups in total. The molecule has 0 aliphatic rings. The van der Waals surface area contributed by atoms with Crippen LogP contribution in [0, 0.1) is 6.92 Å². The molecule has 1 heterocycles. The minimum atomic E-state index is 0.779. The lowest BCUT2D eigenvalue weighted by Gasteiger charge is -1.98. The molecule has 0 aliphatic heterocycles. The molecule has 0 spiro atoms. The summed E-state index contributed by atoms with van der Waals surface area (Å²) in [7, 11) is 0. The maximum atomic E-state index is 5.50. The molecule has 0 bridgehead atoms. The minimum absolute atomic E-state index is 0.779. The van der Waals surface area contributed by atoms with Crippen LogP contribution in [0.15, 0.2) is 28.7 Å². The predicted molar refractivity (Wildman–Crippen MR) is 83.1 cm³/mol. The summed E-state index contributed by atoms with van der Waals surface area (Å²) >= 11 is 3.45. The van der Waals surface area contributed by atoms with Gasteiger partial charge in [-0.3, -0.25) is 0 Å². The van der Waals surface area contributed by atoms with Crippen molar-refractivity contribution in [1.82, 2.24) is 9.97 Å². The largest absolute Gasteiger partial charge is 0.346 e. The third kappa shape index (κ3) is 3.91. The van der Waals surface area contributed by atoms with E-state index in [9.17, 15) is 0 Å². The highest BCUT2D eigenvalue weighted by atomic mass is 79.9. The van der Waals surface area contributed by atoms with Crippen molar-refractivity contribution in [1.29, 1.82) is 0 Å². The first-order valence-corrected chi connectivity index (χ1v) is 7.51. The SMILES string of the molecule is Cc1[nH]c(CCCCCN)nc1-c1ccc(Br)cc1. The Morgan fingerprint density at radius 3 is 2.58 bits per heavy atom. The maximum absolute atomic E-state index is 5.50. The van der Waals surface area contributed by atoms with E-state index in [1.807, 2.05) is 12.1 Å². The molecule has 0 aliphatic carbocycles. The lowest BCUT2D eigenvalue weighted by Crippen LogP contribution is -1.98. The Labute approximate surface area is 122 Å². The molecule has 0 saturated carbocycles. The number of nitrogens with two attached hydrogens (primary N) is 1. The Balaban J connectivity index is 2.06.